The van der Waals surface area contributed by atoms with Gasteiger partial charge in [-0.2, -0.15) is 0 Å². The largest absolute Gasteiger partial charge is 0.497 e. The number of methoxy groups -OCH3 is 2. The summed E-state index contributed by atoms with van der Waals surface area (Å²) in [5.74, 6) is -0.324. The molecule has 7 nitrogen and oxygen atoms in total. The number of hydrogen-bond donors (Lipinski definition) is 1. The molecule has 2 aromatic rings. The van der Waals surface area contributed by atoms with Crippen molar-refractivity contribution < 1.29 is 23.9 Å². The first-order valence-corrected chi connectivity index (χ1v) is 9.53. The molecule has 144 valence electrons. The number of carbonyl (C=O) groups is 3. The van der Waals surface area contributed by atoms with Gasteiger partial charge in [0.15, 0.2) is 0 Å². The third kappa shape index (κ3) is 3.81. The molecule has 3 rings (SSSR count). The maximum atomic E-state index is 12.9. The van der Waals surface area contributed by atoms with E-state index >= 15 is 0 Å². The standard InChI is InChI=1S/C19H14Br2N2O5/c1-27-12-5-3-11(4-6-12)23-18(25)13(17(24)22-19(23)26)7-10-8-14(20)16(28-2)15(21)9-10/h3-9H,1-2H3,(H,22,24,26)/b13-7+. The summed E-state index contributed by atoms with van der Waals surface area (Å²) < 4.78 is 11.6. The lowest BCUT2D eigenvalue weighted by Crippen LogP contribution is -2.54. The minimum atomic E-state index is -0.811. The third-order valence-corrected chi connectivity index (χ3v) is 5.15. The lowest BCUT2D eigenvalue weighted by molar-refractivity contribution is -0.122. The van der Waals surface area contributed by atoms with E-state index in [4.69, 9.17) is 9.47 Å². The van der Waals surface area contributed by atoms with Gasteiger partial charge in [-0.1, -0.05) is 0 Å². The molecular formula is C19H14Br2N2O5. The second kappa shape index (κ2) is 8.15. The summed E-state index contributed by atoms with van der Waals surface area (Å²) in [4.78, 5) is 38.3. The van der Waals surface area contributed by atoms with Crippen LogP contribution in [0.5, 0.6) is 11.5 Å². The van der Waals surface area contributed by atoms with Crippen LogP contribution in [-0.2, 0) is 9.59 Å². The number of imide groups is 2. The maximum Gasteiger partial charge on any atom is 0.335 e. The molecule has 0 unspecified atom stereocenters. The normalized spacial score (nSPS) is 15.6. The van der Waals surface area contributed by atoms with E-state index in [2.05, 4.69) is 37.2 Å². The molecule has 0 atom stereocenters. The lowest BCUT2D eigenvalue weighted by atomic mass is 10.1. The first-order chi connectivity index (χ1) is 13.3. The van der Waals surface area contributed by atoms with Gasteiger partial charge in [0.2, 0.25) is 0 Å². The van der Waals surface area contributed by atoms with Crippen molar-refractivity contribution in [3.8, 4) is 11.5 Å². The highest BCUT2D eigenvalue weighted by Gasteiger charge is 2.36. The molecule has 1 fully saturated rings. The molecule has 0 aromatic heterocycles. The molecule has 0 spiro atoms. The summed E-state index contributed by atoms with van der Waals surface area (Å²) in [5.41, 5.74) is 0.722. The summed E-state index contributed by atoms with van der Waals surface area (Å²) in [6.45, 7) is 0. The smallest absolute Gasteiger partial charge is 0.335 e. The van der Waals surface area contributed by atoms with Crippen molar-refractivity contribution in [2.24, 2.45) is 0 Å². The Morgan fingerprint density at radius 2 is 1.57 bits per heavy atom. The number of halogens is 2. The molecule has 0 bridgehead atoms. The van der Waals surface area contributed by atoms with E-state index < -0.39 is 17.8 Å². The van der Waals surface area contributed by atoms with Gasteiger partial charge >= 0.3 is 6.03 Å². The zero-order valence-electron chi connectivity index (χ0n) is 14.8. The summed E-state index contributed by atoms with van der Waals surface area (Å²) in [5, 5.41) is 2.19. The van der Waals surface area contributed by atoms with Gasteiger partial charge in [0.25, 0.3) is 11.8 Å². The topological polar surface area (TPSA) is 84.9 Å². The average Bonchev–Trinajstić information content (AvgIpc) is 2.65. The minimum Gasteiger partial charge on any atom is -0.497 e. The number of urea groups is 1. The molecule has 1 saturated heterocycles. The predicted octanol–water partition coefficient (Wildman–Crippen LogP) is 3.90. The number of nitrogens with zero attached hydrogens (tertiary/aromatic N) is 1. The number of anilines is 1. The van der Waals surface area contributed by atoms with Crippen molar-refractivity contribution in [2.45, 2.75) is 0 Å². The van der Waals surface area contributed by atoms with Crippen LogP contribution in [0, 0.1) is 0 Å². The highest BCUT2D eigenvalue weighted by atomic mass is 79.9. The Morgan fingerprint density at radius 1 is 0.964 bits per heavy atom. The number of benzene rings is 2. The number of carbonyl (C=O) groups excluding carboxylic acids is 3. The Kier molecular flexibility index (Phi) is 5.85. The second-order valence-electron chi connectivity index (χ2n) is 5.67. The highest BCUT2D eigenvalue weighted by Crippen LogP contribution is 2.35. The number of ether oxygens (including phenoxy) is 2. The molecule has 0 saturated carbocycles. The number of barbiturate groups is 1. The van der Waals surface area contributed by atoms with Crippen molar-refractivity contribution >= 4 is 61.5 Å². The molecule has 1 heterocycles. The molecular weight excluding hydrogens is 496 g/mol. The Hall–Kier alpha value is -2.65. The number of amides is 4. The number of hydrogen-bond acceptors (Lipinski definition) is 5. The van der Waals surface area contributed by atoms with E-state index in [0.717, 1.165) is 4.90 Å². The first-order valence-electron chi connectivity index (χ1n) is 7.94. The highest BCUT2D eigenvalue weighted by molar-refractivity contribution is 9.11. The molecule has 1 N–H and O–H groups in total. The second-order valence-corrected chi connectivity index (χ2v) is 7.38. The van der Waals surface area contributed by atoms with Gasteiger partial charge in [0.1, 0.15) is 17.1 Å². The summed E-state index contributed by atoms with van der Waals surface area (Å²) in [6.07, 6.45) is 1.41. The SMILES string of the molecule is COc1ccc(N2C(=O)NC(=O)/C(=C\c3cc(Br)c(OC)c(Br)c3)C2=O)cc1. The quantitative estimate of drug-likeness (QED) is 0.499. The number of nitrogens with one attached hydrogen (secondary N) is 1. The van der Waals surface area contributed by atoms with Crippen molar-refractivity contribution in [2.75, 3.05) is 19.1 Å². The van der Waals surface area contributed by atoms with Crippen LogP contribution >= 0.6 is 31.9 Å². The van der Waals surface area contributed by atoms with Crippen molar-refractivity contribution in [1.29, 1.82) is 0 Å². The van der Waals surface area contributed by atoms with Crippen LogP contribution < -0.4 is 19.7 Å². The molecule has 9 heteroatoms. The van der Waals surface area contributed by atoms with E-state index in [1.807, 2.05) is 0 Å². The summed E-state index contributed by atoms with van der Waals surface area (Å²) in [7, 11) is 3.04. The fourth-order valence-electron chi connectivity index (χ4n) is 2.65. The average molecular weight is 510 g/mol. The van der Waals surface area contributed by atoms with Gasteiger partial charge in [-0.05, 0) is 79.9 Å². The Bertz CT molecular complexity index is 979. The van der Waals surface area contributed by atoms with Crippen LogP contribution in [-0.4, -0.2) is 32.1 Å². The van der Waals surface area contributed by atoms with Gasteiger partial charge in [0, 0.05) is 0 Å². The fraction of sp³-hybridized carbons (Fsp3) is 0.105. The summed E-state index contributed by atoms with van der Waals surface area (Å²) >= 11 is 6.76. The van der Waals surface area contributed by atoms with Gasteiger partial charge in [-0.15, -0.1) is 0 Å². The van der Waals surface area contributed by atoms with Crippen LogP contribution in [0.3, 0.4) is 0 Å². The molecule has 2 aromatic carbocycles. The van der Waals surface area contributed by atoms with Gasteiger partial charge < -0.3 is 9.47 Å². The summed E-state index contributed by atoms with van der Waals surface area (Å²) in [6, 6.07) is 8.95. The van der Waals surface area contributed by atoms with Crippen LogP contribution in [0.2, 0.25) is 0 Å². The lowest BCUT2D eigenvalue weighted by Gasteiger charge is -2.26. The number of rotatable bonds is 4. The third-order valence-electron chi connectivity index (χ3n) is 3.97. The molecule has 1 aliphatic rings. The van der Waals surface area contributed by atoms with E-state index in [0.29, 0.717) is 31.7 Å². The zero-order chi connectivity index (χ0) is 20.4. The van der Waals surface area contributed by atoms with E-state index in [9.17, 15) is 14.4 Å². The van der Waals surface area contributed by atoms with Crippen LogP contribution in [0.15, 0.2) is 50.9 Å². The van der Waals surface area contributed by atoms with Crippen LogP contribution in [0.25, 0.3) is 6.08 Å². The molecule has 4 amide bonds. The Morgan fingerprint density at radius 3 is 2.11 bits per heavy atom. The van der Waals surface area contributed by atoms with Crippen LogP contribution in [0.1, 0.15) is 5.56 Å². The van der Waals surface area contributed by atoms with Gasteiger partial charge in [0.05, 0.1) is 28.9 Å². The maximum absolute atomic E-state index is 12.9. The van der Waals surface area contributed by atoms with Crippen molar-refractivity contribution in [1.82, 2.24) is 5.32 Å². The Balaban J connectivity index is 2.01. The van der Waals surface area contributed by atoms with E-state index in [-0.39, 0.29) is 5.57 Å². The van der Waals surface area contributed by atoms with Crippen LogP contribution in [0.4, 0.5) is 10.5 Å². The van der Waals surface area contributed by atoms with Crippen molar-refractivity contribution in [3.05, 3.63) is 56.5 Å². The molecule has 0 radical (unpaired) electrons. The van der Waals surface area contributed by atoms with Gasteiger partial charge in [-0.25, -0.2) is 9.69 Å². The molecule has 1 aliphatic heterocycles. The predicted molar refractivity (Wildman–Crippen MR) is 110 cm³/mol. The molecule has 0 aliphatic carbocycles. The zero-order valence-corrected chi connectivity index (χ0v) is 18.0. The Labute approximate surface area is 177 Å². The first kappa shape index (κ1) is 20.1. The fourth-order valence-corrected chi connectivity index (χ4v) is 4.19. The van der Waals surface area contributed by atoms with Gasteiger partial charge in [-0.3, -0.25) is 14.9 Å². The van der Waals surface area contributed by atoms with E-state index in [1.165, 1.54) is 20.3 Å². The minimum absolute atomic E-state index is 0.167. The van der Waals surface area contributed by atoms with E-state index in [1.54, 1.807) is 36.4 Å². The molecule has 28 heavy (non-hydrogen) atoms. The van der Waals surface area contributed by atoms with Crippen molar-refractivity contribution in [3.63, 3.8) is 0 Å². The monoisotopic (exact) mass is 508 g/mol.